The molecule has 3 N–H and O–H groups in total. The third kappa shape index (κ3) is 3.10. The molecule has 1 saturated carbocycles. The van der Waals surface area contributed by atoms with Gasteiger partial charge in [-0.25, -0.2) is 4.98 Å². The van der Waals surface area contributed by atoms with E-state index in [0.29, 0.717) is 5.82 Å². The maximum Gasteiger partial charge on any atom is 0.125 e. The summed E-state index contributed by atoms with van der Waals surface area (Å²) in [5.41, 5.74) is 6.67. The van der Waals surface area contributed by atoms with Crippen LogP contribution >= 0.6 is 0 Å². The van der Waals surface area contributed by atoms with Gasteiger partial charge in [0, 0.05) is 37.1 Å². The van der Waals surface area contributed by atoms with Gasteiger partial charge in [-0.05, 0) is 25.5 Å². The lowest BCUT2D eigenvalue weighted by atomic mass is 10.3. The number of nitrogen functional groups attached to an aromatic ring is 1. The highest BCUT2D eigenvalue weighted by atomic mass is 15.2. The van der Waals surface area contributed by atoms with Gasteiger partial charge in [-0.3, -0.25) is 4.90 Å². The zero-order valence-corrected chi connectivity index (χ0v) is 9.82. The highest BCUT2D eigenvalue weighted by Gasteiger charge is 2.26. The third-order valence-electron chi connectivity index (χ3n) is 2.98. The highest BCUT2D eigenvalue weighted by Crippen LogP contribution is 2.25. The number of pyridine rings is 1. The molecular formula is C12H20N4. The number of nitrogens with two attached hydrogens (primary N) is 1. The van der Waals surface area contributed by atoms with Crippen LogP contribution in [0.2, 0.25) is 0 Å². The summed E-state index contributed by atoms with van der Waals surface area (Å²) in [4.78, 5) is 6.49. The van der Waals surface area contributed by atoms with E-state index in [1.165, 1.54) is 12.8 Å². The lowest BCUT2D eigenvalue weighted by Crippen LogP contribution is -2.30. The first-order chi connectivity index (χ1) is 7.79. The molecule has 1 aromatic heterocycles. The summed E-state index contributed by atoms with van der Waals surface area (Å²) in [6.45, 7) is 5.44. The molecule has 4 heteroatoms. The average Bonchev–Trinajstić information content (AvgIpc) is 3.08. The molecular weight excluding hydrogens is 200 g/mol. The van der Waals surface area contributed by atoms with Crippen molar-refractivity contribution in [2.24, 2.45) is 0 Å². The first-order valence-electron chi connectivity index (χ1n) is 5.99. The number of hydrogen-bond acceptors (Lipinski definition) is 4. The first-order valence-corrected chi connectivity index (χ1v) is 5.99. The molecule has 1 aliphatic carbocycles. The minimum atomic E-state index is 0.569. The van der Waals surface area contributed by atoms with Crippen LogP contribution in [0.15, 0.2) is 18.3 Å². The number of anilines is 2. The minimum Gasteiger partial charge on any atom is -0.384 e. The lowest BCUT2D eigenvalue weighted by molar-refractivity contribution is 0.289. The largest absolute Gasteiger partial charge is 0.384 e. The molecule has 0 unspecified atom stereocenters. The molecule has 0 aliphatic heterocycles. The number of aromatic nitrogens is 1. The standard InChI is InChI=1S/C12H20N4/c1-2-16(11-3-4-11)8-7-14-10-5-6-15-12(13)9-10/h5-6,9,11H,2-4,7-8H2,1H3,(H3,13,14,15). The Morgan fingerprint density at radius 1 is 1.56 bits per heavy atom. The topological polar surface area (TPSA) is 54.2 Å². The van der Waals surface area contributed by atoms with Crippen molar-refractivity contribution in [1.29, 1.82) is 0 Å². The SMILES string of the molecule is CCN(CCNc1ccnc(N)c1)C1CC1. The quantitative estimate of drug-likeness (QED) is 0.764. The van der Waals surface area contributed by atoms with Gasteiger partial charge in [0.05, 0.1) is 0 Å². The molecule has 0 saturated heterocycles. The predicted octanol–water partition coefficient (Wildman–Crippen LogP) is 1.56. The molecule has 0 atom stereocenters. The summed E-state index contributed by atoms with van der Waals surface area (Å²) in [7, 11) is 0. The molecule has 0 bridgehead atoms. The van der Waals surface area contributed by atoms with E-state index in [-0.39, 0.29) is 0 Å². The van der Waals surface area contributed by atoms with Crippen molar-refractivity contribution < 1.29 is 0 Å². The van der Waals surface area contributed by atoms with Crippen LogP contribution in [-0.2, 0) is 0 Å². The second-order valence-corrected chi connectivity index (χ2v) is 4.26. The number of hydrogen-bond donors (Lipinski definition) is 2. The van der Waals surface area contributed by atoms with Crippen LogP contribution in [0.25, 0.3) is 0 Å². The molecule has 0 spiro atoms. The Labute approximate surface area is 96.8 Å². The maximum absolute atomic E-state index is 5.61. The monoisotopic (exact) mass is 220 g/mol. The van der Waals surface area contributed by atoms with Gasteiger partial charge in [0.15, 0.2) is 0 Å². The fourth-order valence-electron chi connectivity index (χ4n) is 1.94. The van der Waals surface area contributed by atoms with Gasteiger partial charge >= 0.3 is 0 Å². The van der Waals surface area contributed by atoms with E-state index < -0.39 is 0 Å². The summed E-state index contributed by atoms with van der Waals surface area (Å²) in [5, 5.41) is 3.37. The van der Waals surface area contributed by atoms with Gasteiger partial charge in [-0.2, -0.15) is 0 Å². The Balaban J connectivity index is 1.74. The normalized spacial score (nSPS) is 15.4. The van der Waals surface area contributed by atoms with Crippen molar-refractivity contribution in [1.82, 2.24) is 9.88 Å². The molecule has 4 nitrogen and oxygen atoms in total. The highest BCUT2D eigenvalue weighted by molar-refractivity contribution is 5.49. The molecule has 88 valence electrons. The predicted molar refractivity (Wildman–Crippen MR) is 67.4 cm³/mol. The van der Waals surface area contributed by atoms with E-state index >= 15 is 0 Å². The number of nitrogens with one attached hydrogen (secondary N) is 1. The van der Waals surface area contributed by atoms with Crippen LogP contribution in [0, 0.1) is 0 Å². The van der Waals surface area contributed by atoms with Crippen LogP contribution in [0.4, 0.5) is 11.5 Å². The van der Waals surface area contributed by atoms with Crippen molar-refractivity contribution >= 4 is 11.5 Å². The Morgan fingerprint density at radius 3 is 3.00 bits per heavy atom. The van der Waals surface area contributed by atoms with E-state index in [0.717, 1.165) is 31.4 Å². The van der Waals surface area contributed by atoms with Gasteiger partial charge < -0.3 is 11.1 Å². The molecule has 1 heterocycles. The first kappa shape index (κ1) is 11.2. The van der Waals surface area contributed by atoms with Crippen LogP contribution in [0.5, 0.6) is 0 Å². The van der Waals surface area contributed by atoms with Crippen molar-refractivity contribution in [3.05, 3.63) is 18.3 Å². The minimum absolute atomic E-state index is 0.569. The molecule has 2 rings (SSSR count). The fraction of sp³-hybridized carbons (Fsp3) is 0.583. The molecule has 0 radical (unpaired) electrons. The van der Waals surface area contributed by atoms with Gasteiger partial charge in [0.2, 0.25) is 0 Å². The summed E-state index contributed by atoms with van der Waals surface area (Å²) in [6, 6.07) is 4.66. The molecule has 1 fully saturated rings. The van der Waals surface area contributed by atoms with Crippen molar-refractivity contribution in [2.75, 3.05) is 30.7 Å². The number of likely N-dealkylation sites (N-methyl/N-ethyl adjacent to an activating group) is 1. The van der Waals surface area contributed by atoms with Gasteiger partial charge in [0.1, 0.15) is 5.82 Å². The van der Waals surface area contributed by atoms with Crippen molar-refractivity contribution in [3.8, 4) is 0 Å². The Bertz CT molecular complexity index is 336. The zero-order valence-electron chi connectivity index (χ0n) is 9.82. The van der Waals surface area contributed by atoms with Crippen LogP contribution in [0.3, 0.4) is 0 Å². The Hall–Kier alpha value is -1.29. The number of rotatable bonds is 6. The van der Waals surface area contributed by atoms with E-state index in [1.807, 2.05) is 12.1 Å². The summed E-state index contributed by atoms with van der Waals surface area (Å²) in [6.07, 6.45) is 4.47. The number of nitrogens with zero attached hydrogens (tertiary/aromatic N) is 2. The Kier molecular flexibility index (Phi) is 3.62. The average molecular weight is 220 g/mol. The van der Waals surface area contributed by atoms with Crippen molar-refractivity contribution in [3.63, 3.8) is 0 Å². The zero-order chi connectivity index (χ0) is 11.4. The van der Waals surface area contributed by atoms with Crippen molar-refractivity contribution in [2.45, 2.75) is 25.8 Å². The lowest BCUT2D eigenvalue weighted by Gasteiger charge is -2.20. The molecule has 16 heavy (non-hydrogen) atoms. The van der Waals surface area contributed by atoms with E-state index in [4.69, 9.17) is 5.73 Å². The van der Waals surface area contributed by atoms with E-state index in [1.54, 1.807) is 6.20 Å². The molecule has 0 aromatic carbocycles. The van der Waals surface area contributed by atoms with Gasteiger partial charge in [-0.15, -0.1) is 0 Å². The second kappa shape index (κ2) is 5.16. The summed E-state index contributed by atoms with van der Waals surface area (Å²) in [5.74, 6) is 0.569. The fourth-order valence-corrected chi connectivity index (χ4v) is 1.94. The smallest absolute Gasteiger partial charge is 0.125 e. The van der Waals surface area contributed by atoms with Crippen LogP contribution in [-0.4, -0.2) is 35.6 Å². The maximum atomic E-state index is 5.61. The van der Waals surface area contributed by atoms with E-state index in [9.17, 15) is 0 Å². The van der Waals surface area contributed by atoms with E-state index in [2.05, 4.69) is 22.1 Å². The van der Waals surface area contributed by atoms with Crippen LogP contribution in [0.1, 0.15) is 19.8 Å². The second-order valence-electron chi connectivity index (χ2n) is 4.26. The van der Waals surface area contributed by atoms with Crippen LogP contribution < -0.4 is 11.1 Å². The molecule has 1 aliphatic rings. The summed E-state index contributed by atoms with van der Waals surface area (Å²) >= 11 is 0. The molecule has 0 amide bonds. The molecule has 1 aromatic rings. The third-order valence-corrected chi connectivity index (χ3v) is 2.98. The Morgan fingerprint density at radius 2 is 2.38 bits per heavy atom. The van der Waals surface area contributed by atoms with Gasteiger partial charge in [0.25, 0.3) is 0 Å². The summed E-state index contributed by atoms with van der Waals surface area (Å²) < 4.78 is 0. The van der Waals surface area contributed by atoms with Gasteiger partial charge in [-0.1, -0.05) is 6.92 Å².